The zero-order chi connectivity index (χ0) is 19.6. The molecule has 26 heavy (non-hydrogen) atoms. The van der Waals surface area contributed by atoms with Crippen LogP contribution >= 0.6 is 0 Å². The van der Waals surface area contributed by atoms with Gasteiger partial charge < -0.3 is 9.62 Å². The Bertz CT molecular complexity index is 506. The van der Waals surface area contributed by atoms with E-state index in [9.17, 15) is 17.8 Å². The summed E-state index contributed by atoms with van der Waals surface area (Å²) < 4.78 is 38.9. The van der Waals surface area contributed by atoms with E-state index >= 15 is 0 Å². The minimum absolute atomic E-state index is 0.223. The molecule has 2 N–H and O–H groups in total. The number of carbonyl (C=O) groups excluding carboxylic acids is 1. The van der Waals surface area contributed by atoms with Gasteiger partial charge in [0.15, 0.2) is 0 Å². The van der Waals surface area contributed by atoms with Gasteiger partial charge in [-0.1, -0.05) is 71.6 Å². The van der Waals surface area contributed by atoms with Crippen LogP contribution in [0.3, 0.4) is 0 Å². The first-order chi connectivity index (χ1) is 12.4. The van der Waals surface area contributed by atoms with Crippen molar-refractivity contribution < 1.29 is 32.6 Å². The van der Waals surface area contributed by atoms with Gasteiger partial charge in [-0.25, -0.2) is 4.79 Å². The molecule has 0 aromatic heterocycles. The van der Waals surface area contributed by atoms with Crippen LogP contribution in [0.2, 0.25) is 0 Å². The summed E-state index contributed by atoms with van der Waals surface area (Å²) in [4.78, 5) is 15.7. The molecule has 154 valence electrons. The third kappa shape index (κ3) is 7.90. The number of carbonyl (C=O) groups is 1. The van der Waals surface area contributed by atoms with E-state index in [1.165, 1.54) is 19.3 Å². The normalized spacial score (nSPS) is 22.0. The van der Waals surface area contributed by atoms with Crippen molar-refractivity contribution in [3.05, 3.63) is 0 Å². The molecule has 7 nitrogen and oxygen atoms in total. The van der Waals surface area contributed by atoms with Gasteiger partial charge in [0.25, 0.3) is 10.1 Å². The maximum atomic E-state index is 11.9. The van der Waals surface area contributed by atoms with Crippen LogP contribution in [-0.4, -0.2) is 41.7 Å². The van der Waals surface area contributed by atoms with Crippen LogP contribution < -0.4 is 0 Å². The molecular weight excluding hydrogens is 360 g/mol. The minimum Gasteiger partial charge on any atom is -0.368 e. The Hall–Kier alpha value is -0.700. The summed E-state index contributed by atoms with van der Waals surface area (Å²) in [5.74, 6) is -2.15. The lowest BCUT2D eigenvalue weighted by atomic mass is 9.94. The maximum Gasteiger partial charge on any atom is 0.346 e. The topological polar surface area (TPSA) is 113 Å². The molecule has 1 heterocycles. The number of hydrogen-bond donors (Lipinski definition) is 2. The monoisotopic (exact) mass is 394 g/mol. The van der Waals surface area contributed by atoms with Crippen molar-refractivity contribution >= 4 is 16.1 Å². The van der Waals surface area contributed by atoms with Crippen molar-refractivity contribution in [1.82, 2.24) is 0 Å². The summed E-state index contributed by atoms with van der Waals surface area (Å²) >= 11 is 0. The fourth-order valence-corrected chi connectivity index (χ4v) is 4.75. The standard InChI is InChI=1S/C18H34O7S/c1-3-5-7-8-9-11-13-15-16(24-15)17(26(21,22)23)14(18(19)25-20)12-10-6-4-2/h14-17,20H,3-13H2,1-2H3,(H,21,22,23). The molecule has 1 saturated heterocycles. The van der Waals surface area contributed by atoms with Crippen LogP contribution in [0.4, 0.5) is 0 Å². The quantitative estimate of drug-likeness (QED) is 0.142. The maximum absolute atomic E-state index is 11.9. The Morgan fingerprint density at radius 3 is 2.19 bits per heavy atom. The van der Waals surface area contributed by atoms with Gasteiger partial charge in [-0.05, 0) is 12.8 Å². The van der Waals surface area contributed by atoms with Gasteiger partial charge >= 0.3 is 5.97 Å². The molecule has 0 spiro atoms. The fraction of sp³-hybridized carbons (Fsp3) is 0.944. The highest BCUT2D eigenvalue weighted by Crippen LogP contribution is 2.38. The van der Waals surface area contributed by atoms with E-state index in [1.54, 1.807) is 0 Å². The number of epoxide rings is 1. The van der Waals surface area contributed by atoms with Crippen LogP contribution in [0, 0.1) is 5.92 Å². The largest absolute Gasteiger partial charge is 0.368 e. The Kier molecular flexibility index (Phi) is 10.7. The highest BCUT2D eigenvalue weighted by Gasteiger charge is 2.55. The van der Waals surface area contributed by atoms with Crippen molar-refractivity contribution in [2.45, 2.75) is 102 Å². The molecule has 4 unspecified atom stereocenters. The molecule has 0 bridgehead atoms. The first-order valence-electron chi connectivity index (χ1n) is 9.83. The second kappa shape index (κ2) is 11.9. The van der Waals surface area contributed by atoms with Crippen LogP contribution in [0.5, 0.6) is 0 Å². The van der Waals surface area contributed by atoms with E-state index in [1.807, 2.05) is 6.92 Å². The van der Waals surface area contributed by atoms with E-state index < -0.39 is 33.4 Å². The highest BCUT2D eigenvalue weighted by molar-refractivity contribution is 7.86. The summed E-state index contributed by atoms with van der Waals surface area (Å²) in [7, 11) is -4.51. The van der Waals surface area contributed by atoms with Gasteiger partial charge in [0.1, 0.15) is 11.4 Å². The summed E-state index contributed by atoms with van der Waals surface area (Å²) in [5.41, 5.74) is 0. The Morgan fingerprint density at radius 1 is 1.04 bits per heavy atom. The number of ether oxygens (including phenoxy) is 1. The average molecular weight is 395 g/mol. The van der Waals surface area contributed by atoms with Gasteiger partial charge in [0.2, 0.25) is 0 Å². The Labute approximate surface area is 157 Å². The van der Waals surface area contributed by atoms with Crippen LogP contribution in [0.25, 0.3) is 0 Å². The predicted molar refractivity (Wildman–Crippen MR) is 98.3 cm³/mol. The van der Waals surface area contributed by atoms with E-state index in [0.717, 1.165) is 32.1 Å². The van der Waals surface area contributed by atoms with Gasteiger partial charge in [-0.3, -0.25) is 4.55 Å². The van der Waals surface area contributed by atoms with Gasteiger partial charge in [-0.15, -0.1) is 0 Å². The highest BCUT2D eigenvalue weighted by atomic mass is 32.2. The van der Waals surface area contributed by atoms with E-state index in [0.29, 0.717) is 12.8 Å². The van der Waals surface area contributed by atoms with Crippen molar-refractivity contribution in [3.8, 4) is 0 Å². The average Bonchev–Trinajstić information content (AvgIpc) is 3.34. The first kappa shape index (κ1) is 23.3. The molecule has 1 fully saturated rings. The molecule has 1 aliphatic heterocycles. The molecule has 0 saturated carbocycles. The number of hydrogen-bond acceptors (Lipinski definition) is 6. The van der Waals surface area contributed by atoms with Gasteiger partial charge in [0, 0.05) is 0 Å². The molecule has 4 atom stereocenters. The van der Waals surface area contributed by atoms with Crippen LogP contribution in [0.1, 0.15) is 84.5 Å². The fourth-order valence-electron chi connectivity index (χ4n) is 3.51. The SMILES string of the molecule is CCCCCCCCC1OC1C(C(CCCCC)C(=O)OO)S(=O)(=O)O. The zero-order valence-corrected chi connectivity index (χ0v) is 16.7. The molecule has 0 aromatic carbocycles. The molecular formula is C18H34O7S. The second-order valence-corrected chi connectivity index (χ2v) is 8.76. The zero-order valence-electron chi connectivity index (χ0n) is 15.9. The lowest BCUT2D eigenvalue weighted by Gasteiger charge is -2.20. The van der Waals surface area contributed by atoms with Gasteiger partial charge in [0.05, 0.1) is 12.0 Å². The molecule has 0 aliphatic carbocycles. The number of rotatable bonds is 15. The van der Waals surface area contributed by atoms with E-state index in [4.69, 9.17) is 9.99 Å². The van der Waals surface area contributed by atoms with Crippen molar-refractivity contribution in [2.75, 3.05) is 0 Å². The van der Waals surface area contributed by atoms with Gasteiger partial charge in [-0.2, -0.15) is 13.7 Å². The first-order valence-corrected chi connectivity index (χ1v) is 11.3. The molecule has 1 aliphatic rings. The van der Waals surface area contributed by atoms with Crippen molar-refractivity contribution in [3.63, 3.8) is 0 Å². The second-order valence-electron chi connectivity index (χ2n) is 7.19. The molecule has 0 aromatic rings. The summed E-state index contributed by atoms with van der Waals surface area (Å²) in [6.45, 7) is 4.15. The van der Waals surface area contributed by atoms with Crippen LogP contribution in [-0.2, 0) is 24.5 Å². The summed E-state index contributed by atoms with van der Waals surface area (Å²) in [6.07, 6.45) is 9.00. The predicted octanol–water partition coefficient (Wildman–Crippen LogP) is 3.97. The summed E-state index contributed by atoms with van der Waals surface area (Å²) in [6, 6.07) is 0. The molecule has 0 amide bonds. The molecule has 1 rings (SSSR count). The van der Waals surface area contributed by atoms with Crippen LogP contribution in [0.15, 0.2) is 0 Å². The van der Waals surface area contributed by atoms with Crippen molar-refractivity contribution in [2.24, 2.45) is 5.92 Å². The van der Waals surface area contributed by atoms with E-state index in [2.05, 4.69) is 11.8 Å². The third-order valence-electron chi connectivity index (χ3n) is 5.04. The Morgan fingerprint density at radius 2 is 1.62 bits per heavy atom. The third-order valence-corrected chi connectivity index (χ3v) is 6.32. The van der Waals surface area contributed by atoms with Crippen molar-refractivity contribution in [1.29, 1.82) is 0 Å². The molecule has 8 heteroatoms. The Balaban J connectivity index is 2.62. The lowest BCUT2D eigenvalue weighted by Crippen LogP contribution is -2.40. The van der Waals surface area contributed by atoms with E-state index in [-0.39, 0.29) is 12.5 Å². The minimum atomic E-state index is -4.51. The molecule has 0 radical (unpaired) electrons. The smallest absolute Gasteiger partial charge is 0.346 e. The summed E-state index contributed by atoms with van der Waals surface area (Å²) in [5, 5.41) is 7.34. The lowest BCUT2D eigenvalue weighted by molar-refractivity contribution is -0.239. The number of unbranched alkanes of at least 4 members (excludes halogenated alkanes) is 7.